The lowest BCUT2D eigenvalue weighted by molar-refractivity contribution is -0.131. The summed E-state index contributed by atoms with van der Waals surface area (Å²) in [4.78, 5) is 15.5. The van der Waals surface area contributed by atoms with Crippen molar-refractivity contribution in [1.82, 2.24) is 4.98 Å². The molecule has 1 aromatic heterocycles. The van der Waals surface area contributed by atoms with Gasteiger partial charge in [-0.1, -0.05) is 25.1 Å². The largest absolute Gasteiger partial charge is 0.423 e. The molecule has 0 aliphatic carbocycles. The number of nitrogens with two attached hydrogens (primary N) is 1. The number of carbonyl (C=O) groups is 1. The fourth-order valence-electron chi connectivity index (χ4n) is 1.77. The van der Waals surface area contributed by atoms with Crippen molar-refractivity contribution in [2.24, 2.45) is 0 Å². The number of carbonyl (C=O) groups excluding carboxylic acids is 1. The Labute approximate surface area is 99.4 Å². The van der Waals surface area contributed by atoms with Crippen molar-refractivity contribution >= 4 is 22.6 Å². The third-order valence-electron chi connectivity index (χ3n) is 2.54. The lowest BCUT2D eigenvalue weighted by Gasteiger charge is -2.12. The number of ether oxygens (including phenoxy) is 1. The third kappa shape index (κ3) is 2.06. The Hall–Kier alpha value is -2.10. The van der Waals surface area contributed by atoms with Crippen molar-refractivity contribution in [2.45, 2.75) is 20.3 Å². The van der Waals surface area contributed by atoms with Gasteiger partial charge in [-0.05, 0) is 12.5 Å². The third-order valence-corrected chi connectivity index (χ3v) is 2.54. The molecule has 0 saturated carbocycles. The molecule has 2 N–H and O–H groups in total. The number of hydrogen-bond acceptors (Lipinski definition) is 4. The number of pyridine rings is 1. The Bertz CT molecular complexity index is 579. The quantitative estimate of drug-likeness (QED) is 0.804. The van der Waals surface area contributed by atoms with Gasteiger partial charge < -0.3 is 10.5 Å². The molecule has 2 rings (SSSR count). The van der Waals surface area contributed by atoms with E-state index in [9.17, 15) is 4.79 Å². The van der Waals surface area contributed by atoms with Crippen LogP contribution in [-0.2, 0) is 11.2 Å². The van der Waals surface area contributed by atoms with Gasteiger partial charge in [-0.25, -0.2) is 4.98 Å². The highest BCUT2D eigenvalue weighted by Crippen LogP contribution is 2.32. The number of benzene rings is 1. The molecular formula is C13H14N2O2. The van der Waals surface area contributed by atoms with E-state index in [4.69, 9.17) is 10.5 Å². The predicted molar refractivity (Wildman–Crippen MR) is 66.8 cm³/mol. The highest BCUT2D eigenvalue weighted by atomic mass is 16.5. The molecule has 2 aromatic rings. The van der Waals surface area contributed by atoms with Gasteiger partial charge in [0.2, 0.25) is 0 Å². The van der Waals surface area contributed by atoms with E-state index in [1.54, 1.807) is 0 Å². The molecule has 4 heteroatoms. The van der Waals surface area contributed by atoms with E-state index < -0.39 is 0 Å². The smallest absolute Gasteiger partial charge is 0.308 e. The Balaban J connectivity index is 2.71. The predicted octanol–water partition coefficient (Wildman–Crippen LogP) is 2.30. The molecule has 0 atom stereocenters. The van der Waals surface area contributed by atoms with Crippen LogP contribution in [0.25, 0.3) is 10.9 Å². The molecule has 0 bridgehead atoms. The number of aryl methyl sites for hydroxylation is 1. The number of nitrogens with zero attached hydrogens (tertiary/aromatic N) is 1. The summed E-state index contributed by atoms with van der Waals surface area (Å²) < 4.78 is 5.15. The number of nitrogen functional groups attached to an aromatic ring is 1. The average molecular weight is 230 g/mol. The number of anilines is 1. The van der Waals surface area contributed by atoms with Crippen LogP contribution >= 0.6 is 0 Å². The van der Waals surface area contributed by atoms with Crippen molar-refractivity contribution in [2.75, 3.05) is 5.73 Å². The SMILES string of the molecule is CCc1nc2ccccc2c(N)c1OC(C)=O. The van der Waals surface area contributed by atoms with Gasteiger partial charge in [0.05, 0.1) is 16.9 Å². The van der Waals surface area contributed by atoms with E-state index in [1.165, 1.54) is 6.92 Å². The molecular weight excluding hydrogens is 216 g/mol. The molecule has 0 radical (unpaired) electrons. The highest BCUT2D eigenvalue weighted by Gasteiger charge is 2.14. The molecule has 17 heavy (non-hydrogen) atoms. The first-order valence-electron chi connectivity index (χ1n) is 5.49. The number of aromatic nitrogens is 1. The van der Waals surface area contributed by atoms with Gasteiger partial charge in [0, 0.05) is 12.3 Å². The Morgan fingerprint density at radius 2 is 2.12 bits per heavy atom. The topological polar surface area (TPSA) is 65.2 Å². The van der Waals surface area contributed by atoms with Gasteiger partial charge in [-0.2, -0.15) is 0 Å². The number of para-hydroxylation sites is 1. The summed E-state index contributed by atoms with van der Waals surface area (Å²) in [6, 6.07) is 7.54. The maximum atomic E-state index is 11.1. The average Bonchev–Trinajstić information content (AvgIpc) is 2.32. The highest BCUT2D eigenvalue weighted by molar-refractivity contribution is 5.94. The fraction of sp³-hybridized carbons (Fsp3) is 0.231. The van der Waals surface area contributed by atoms with Gasteiger partial charge >= 0.3 is 5.97 Å². The number of esters is 1. The van der Waals surface area contributed by atoms with Gasteiger partial charge in [-0.3, -0.25) is 4.79 Å². The summed E-state index contributed by atoms with van der Waals surface area (Å²) in [5.74, 6) is 0.00202. The van der Waals surface area contributed by atoms with Crippen LogP contribution in [0.4, 0.5) is 5.69 Å². The van der Waals surface area contributed by atoms with Crippen molar-refractivity contribution in [3.8, 4) is 5.75 Å². The molecule has 0 amide bonds. The summed E-state index contributed by atoms with van der Waals surface area (Å²) in [6.07, 6.45) is 0.664. The van der Waals surface area contributed by atoms with E-state index >= 15 is 0 Å². The fourth-order valence-corrected chi connectivity index (χ4v) is 1.77. The second kappa shape index (κ2) is 4.41. The minimum Gasteiger partial charge on any atom is -0.423 e. The standard InChI is InChI=1S/C13H14N2O2/c1-3-10-13(17-8(2)16)12(14)9-6-4-5-7-11(9)15-10/h4-7H,3H2,1-2H3,(H2,14,15). The Morgan fingerprint density at radius 1 is 1.41 bits per heavy atom. The lowest BCUT2D eigenvalue weighted by atomic mass is 10.1. The van der Waals surface area contributed by atoms with Gasteiger partial charge in [0.1, 0.15) is 0 Å². The van der Waals surface area contributed by atoms with Crippen LogP contribution in [-0.4, -0.2) is 11.0 Å². The number of fused-ring (bicyclic) bond motifs is 1. The monoisotopic (exact) mass is 230 g/mol. The zero-order valence-corrected chi connectivity index (χ0v) is 9.86. The summed E-state index contributed by atoms with van der Waals surface area (Å²) in [6.45, 7) is 3.30. The van der Waals surface area contributed by atoms with E-state index in [0.29, 0.717) is 23.6 Å². The number of rotatable bonds is 2. The summed E-state index contributed by atoms with van der Waals surface area (Å²) in [5, 5.41) is 0.806. The summed E-state index contributed by atoms with van der Waals surface area (Å²) >= 11 is 0. The molecule has 1 heterocycles. The molecule has 0 aliphatic heterocycles. The first-order valence-corrected chi connectivity index (χ1v) is 5.49. The second-order valence-electron chi connectivity index (χ2n) is 3.77. The molecule has 0 aliphatic rings. The summed E-state index contributed by atoms with van der Waals surface area (Å²) in [5.41, 5.74) is 8.02. The van der Waals surface area contributed by atoms with Crippen LogP contribution < -0.4 is 10.5 Å². The van der Waals surface area contributed by atoms with Crippen LogP contribution in [0.3, 0.4) is 0 Å². The molecule has 4 nitrogen and oxygen atoms in total. The zero-order valence-electron chi connectivity index (χ0n) is 9.86. The van der Waals surface area contributed by atoms with Crippen molar-refractivity contribution < 1.29 is 9.53 Å². The van der Waals surface area contributed by atoms with Crippen molar-refractivity contribution in [1.29, 1.82) is 0 Å². The van der Waals surface area contributed by atoms with Crippen LogP contribution in [0.15, 0.2) is 24.3 Å². The molecule has 88 valence electrons. The minimum absolute atomic E-state index is 0.386. The van der Waals surface area contributed by atoms with E-state index in [2.05, 4.69) is 4.98 Å². The maximum Gasteiger partial charge on any atom is 0.308 e. The van der Waals surface area contributed by atoms with Crippen LogP contribution in [0.1, 0.15) is 19.5 Å². The lowest BCUT2D eigenvalue weighted by Crippen LogP contribution is -2.08. The second-order valence-corrected chi connectivity index (χ2v) is 3.77. The first kappa shape index (κ1) is 11.4. The molecule has 0 unspecified atom stereocenters. The van der Waals surface area contributed by atoms with Crippen LogP contribution in [0, 0.1) is 0 Å². The Morgan fingerprint density at radius 3 is 2.76 bits per heavy atom. The van der Waals surface area contributed by atoms with Crippen molar-refractivity contribution in [3.63, 3.8) is 0 Å². The molecule has 0 spiro atoms. The van der Waals surface area contributed by atoms with Crippen LogP contribution in [0.2, 0.25) is 0 Å². The van der Waals surface area contributed by atoms with Gasteiger partial charge in [-0.15, -0.1) is 0 Å². The van der Waals surface area contributed by atoms with Gasteiger partial charge in [0.25, 0.3) is 0 Å². The summed E-state index contributed by atoms with van der Waals surface area (Å²) in [7, 11) is 0. The molecule has 1 aromatic carbocycles. The minimum atomic E-state index is -0.386. The van der Waals surface area contributed by atoms with Crippen molar-refractivity contribution in [3.05, 3.63) is 30.0 Å². The van der Waals surface area contributed by atoms with E-state index in [-0.39, 0.29) is 5.97 Å². The van der Waals surface area contributed by atoms with E-state index in [1.807, 2.05) is 31.2 Å². The molecule has 0 saturated heterocycles. The van der Waals surface area contributed by atoms with E-state index in [0.717, 1.165) is 10.9 Å². The maximum absolute atomic E-state index is 11.1. The number of hydrogen-bond donors (Lipinski definition) is 1. The first-order chi connectivity index (χ1) is 8.13. The normalized spacial score (nSPS) is 10.5. The van der Waals surface area contributed by atoms with Gasteiger partial charge in [0.15, 0.2) is 5.75 Å². The molecule has 0 fully saturated rings. The van der Waals surface area contributed by atoms with Crippen LogP contribution in [0.5, 0.6) is 5.75 Å². The Kier molecular flexibility index (Phi) is 2.95. The zero-order chi connectivity index (χ0) is 12.4.